The Hall–Kier alpha value is -2.44. The summed E-state index contributed by atoms with van der Waals surface area (Å²) in [6.07, 6.45) is -0.982. The van der Waals surface area contributed by atoms with Crippen molar-refractivity contribution in [2.24, 2.45) is 0 Å². The molecular formula is C18H17F3N2O2. The van der Waals surface area contributed by atoms with E-state index in [-0.39, 0.29) is 6.61 Å². The molecule has 1 aliphatic carbocycles. The second-order valence-electron chi connectivity index (χ2n) is 6.14. The number of rotatable bonds is 6. The summed E-state index contributed by atoms with van der Waals surface area (Å²) in [5.41, 5.74) is 1.98. The van der Waals surface area contributed by atoms with Crippen LogP contribution in [0.1, 0.15) is 52.8 Å². The quantitative estimate of drug-likeness (QED) is 0.740. The molecule has 0 spiro atoms. The van der Waals surface area contributed by atoms with E-state index in [4.69, 9.17) is 4.74 Å². The second-order valence-corrected chi connectivity index (χ2v) is 6.14. The Kier molecular flexibility index (Phi) is 4.74. The minimum absolute atomic E-state index is 0.0568. The fourth-order valence-corrected chi connectivity index (χ4v) is 3.03. The second kappa shape index (κ2) is 6.82. The molecule has 1 aromatic carbocycles. The van der Waals surface area contributed by atoms with Crippen LogP contribution in [0.15, 0.2) is 30.6 Å². The first kappa shape index (κ1) is 17.4. The van der Waals surface area contributed by atoms with Gasteiger partial charge in [-0.3, -0.25) is 4.79 Å². The molecule has 0 radical (unpaired) electrons. The van der Waals surface area contributed by atoms with Crippen LogP contribution in [0.4, 0.5) is 13.2 Å². The zero-order chi connectivity index (χ0) is 18.0. The number of hydrogen-bond acceptors (Lipinski definition) is 4. The largest absolute Gasteiger partial charge is 0.467 e. The molecule has 1 unspecified atom stereocenters. The third kappa shape index (κ3) is 3.81. The van der Waals surface area contributed by atoms with Gasteiger partial charge in [-0.2, -0.15) is 13.2 Å². The van der Waals surface area contributed by atoms with Gasteiger partial charge in [-0.05, 0) is 31.4 Å². The first-order chi connectivity index (χ1) is 11.9. The number of benzene rings is 1. The lowest BCUT2D eigenvalue weighted by molar-refractivity contribution is -0.137. The summed E-state index contributed by atoms with van der Waals surface area (Å²) >= 11 is 0. The smallest absolute Gasteiger partial charge is 0.416 e. The number of aryl methyl sites for hydroxylation is 1. The molecule has 25 heavy (non-hydrogen) atoms. The van der Waals surface area contributed by atoms with Crippen LogP contribution in [-0.4, -0.2) is 23.0 Å². The Morgan fingerprint density at radius 3 is 2.72 bits per heavy atom. The maximum absolute atomic E-state index is 13.1. The van der Waals surface area contributed by atoms with Crippen molar-refractivity contribution >= 4 is 6.47 Å². The molecule has 2 aromatic rings. The monoisotopic (exact) mass is 350 g/mol. The maximum Gasteiger partial charge on any atom is 0.416 e. The van der Waals surface area contributed by atoms with Crippen LogP contribution in [0, 0.1) is 6.92 Å². The average molecular weight is 350 g/mol. The van der Waals surface area contributed by atoms with Crippen LogP contribution in [0.5, 0.6) is 0 Å². The molecule has 0 saturated heterocycles. The van der Waals surface area contributed by atoms with Crippen LogP contribution >= 0.6 is 0 Å². The molecule has 1 fully saturated rings. The molecule has 0 amide bonds. The Balaban J connectivity index is 2.09. The first-order valence-electron chi connectivity index (χ1n) is 7.95. The van der Waals surface area contributed by atoms with Gasteiger partial charge in [0.1, 0.15) is 12.9 Å². The molecule has 7 heteroatoms. The Morgan fingerprint density at radius 2 is 2.08 bits per heavy atom. The summed E-state index contributed by atoms with van der Waals surface area (Å²) < 4.78 is 44.1. The molecular weight excluding hydrogens is 333 g/mol. The third-order valence-electron chi connectivity index (χ3n) is 4.37. The number of hydrogen-bond donors (Lipinski definition) is 0. The van der Waals surface area contributed by atoms with E-state index in [9.17, 15) is 18.0 Å². The fraction of sp³-hybridized carbons (Fsp3) is 0.389. The summed E-state index contributed by atoms with van der Waals surface area (Å²) in [7, 11) is 0. The van der Waals surface area contributed by atoms with Crippen LogP contribution in [0.3, 0.4) is 0 Å². The van der Waals surface area contributed by atoms with Crippen LogP contribution in [-0.2, 0) is 15.7 Å². The van der Waals surface area contributed by atoms with Crippen molar-refractivity contribution in [3.63, 3.8) is 0 Å². The zero-order valence-electron chi connectivity index (χ0n) is 13.6. The van der Waals surface area contributed by atoms with Crippen molar-refractivity contribution in [3.05, 3.63) is 58.7 Å². The minimum Gasteiger partial charge on any atom is -0.467 e. The van der Waals surface area contributed by atoms with Gasteiger partial charge in [0.05, 0.1) is 11.3 Å². The van der Waals surface area contributed by atoms with Crippen molar-refractivity contribution in [1.29, 1.82) is 0 Å². The fourth-order valence-electron chi connectivity index (χ4n) is 3.03. The van der Waals surface area contributed by atoms with Gasteiger partial charge in [0.15, 0.2) is 0 Å². The van der Waals surface area contributed by atoms with Crippen molar-refractivity contribution in [2.45, 2.75) is 37.8 Å². The summed E-state index contributed by atoms with van der Waals surface area (Å²) in [6, 6.07) is 5.10. The molecule has 0 bridgehead atoms. The molecule has 1 aromatic heterocycles. The highest BCUT2D eigenvalue weighted by Crippen LogP contribution is 2.44. The highest BCUT2D eigenvalue weighted by molar-refractivity contribution is 5.43. The molecule has 0 aliphatic heterocycles. The first-order valence-corrected chi connectivity index (χ1v) is 7.95. The summed E-state index contributed by atoms with van der Waals surface area (Å²) in [6.45, 7) is 2.04. The van der Waals surface area contributed by atoms with Crippen molar-refractivity contribution < 1.29 is 22.7 Å². The van der Waals surface area contributed by atoms with E-state index in [0.29, 0.717) is 23.6 Å². The normalized spacial score (nSPS) is 15.7. The van der Waals surface area contributed by atoms with E-state index in [2.05, 4.69) is 9.97 Å². The van der Waals surface area contributed by atoms with E-state index in [0.717, 1.165) is 36.2 Å². The topological polar surface area (TPSA) is 52.1 Å². The SMILES string of the molecule is Cc1ncnc(C2CC2)c1C(COC=O)c1cccc(C(F)(F)F)c1. The molecule has 1 atom stereocenters. The molecule has 3 rings (SSSR count). The average Bonchev–Trinajstić information content (AvgIpc) is 3.41. The van der Waals surface area contributed by atoms with Gasteiger partial charge >= 0.3 is 6.18 Å². The van der Waals surface area contributed by atoms with Gasteiger partial charge in [-0.25, -0.2) is 9.97 Å². The van der Waals surface area contributed by atoms with Gasteiger partial charge in [-0.15, -0.1) is 0 Å². The number of alkyl halides is 3. The highest BCUT2D eigenvalue weighted by Gasteiger charge is 2.34. The summed E-state index contributed by atoms with van der Waals surface area (Å²) in [5.74, 6) is -0.245. The van der Waals surface area contributed by atoms with Crippen LogP contribution in [0.25, 0.3) is 0 Å². The number of ether oxygens (including phenoxy) is 1. The van der Waals surface area contributed by atoms with Gasteiger partial charge in [0, 0.05) is 23.1 Å². The summed E-state index contributed by atoms with van der Waals surface area (Å²) in [5, 5.41) is 0. The van der Waals surface area contributed by atoms with Crippen molar-refractivity contribution in [3.8, 4) is 0 Å². The van der Waals surface area contributed by atoms with Crippen molar-refractivity contribution in [2.75, 3.05) is 6.61 Å². The molecule has 1 aliphatic rings. The predicted molar refractivity (Wildman–Crippen MR) is 84.0 cm³/mol. The molecule has 1 saturated carbocycles. The number of carbonyl (C=O) groups excluding carboxylic acids is 1. The Labute approximate surface area is 143 Å². The molecule has 132 valence electrons. The maximum atomic E-state index is 13.1. The van der Waals surface area contributed by atoms with E-state index < -0.39 is 17.7 Å². The third-order valence-corrected chi connectivity index (χ3v) is 4.37. The predicted octanol–water partition coefficient (Wildman–Crippen LogP) is 3.99. The van der Waals surface area contributed by atoms with Gasteiger partial charge in [-0.1, -0.05) is 18.2 Å². The zero-order valence-corrected chi connectivity index (χ0v) is 13.6. The van der Waals surface area contributed by atoms with E-state index >= 15 is 0 Å². The number of halogens is 3. The lowest BCUT2D eigenvalue weighted by Gasteiger charge is -2.22. The van der Waals surface area contributed by atoms with E-state index in [1.807, 2.05) is 0 Å². The Bertz CT molecular complexity index is 773. The van der Waals surface area contributed by atoms with Gasteiger partial charge < -0.3 is 4.74 Å². The minimum atomic E-state index is -4.44. The van der Waals surface area contributed by atoms with Gasteiger partial charge in [0.2, 0.25) is 0 Å². The lowest BCUT2D eigenvalue weighted by atomic mass is 9.87. The molecule has 4 nitrogen and oxygen atoms in total. The molecule has 0 N–H and O–H groups in total. The number of aromatic nitrogens is 2. The number of carbonyl (C=O) groups is 1. The lowest BCUT2D eigenvalue weighted by Crippen LogP contribution is -2.16. The Morgan fingerprint density at radius 1 is 1.32 bits per heavy atom. The van der Waals surface area contributed by atoms with Crippen LogP contribution < -0.4 is 0 Å². The molecule has 1 heterocycles. The van der Waals surface area contributed by atoms with E-state index in [1.54, 1.807) is 13.0 Å². The number of nitrogens with zero attached hydrogens (tertiary/aromatic N) is 2. The highest BCUT2D eigenvalue weighted by atomic mass is 19.4. The van der Waals surface area contributed by atoms with E-state index in [1.165, 1.54) is 12.4 Å². The standard InChI is InChI=1S/C18H17F3N2O2/c1-11-16(17(12-5-6-12)23-9-22-11)15(8-25-10-24)13-3-2-4-14(7-13)18(19,20)21/h2-4,7,9-10,12,15H,5-6,8H2,1H3. The van der Waals surface area contributed by atoms with Gasteiger partial charge in [0.25, 0.3) is 6.47 Å². The van der Waals surface area contributed by atoms with Crippen molar-refractivity contribution in [1.82, 2.24) is 9.97 Å². The summed E-state index contributed by atoms with van der Waals surface area (Å²) in [4.78, 5) is 19.2. The van der Waals surface area contributed by atoms with Crippen LogP contribution in [0.2, 0.25) is 0 Å².